The first kappa shape index (κ1) is 14.7. The van der Waals surface area contributed by atoms with Gasteiger partial charge < -0.3 is 20.1 Å². The van der Waals surface area contributed by atoms with Crippen LogP contribution in [0, 0.1) is 5.82 Å². The van der Waals surface area contributed by atoms with E-state index in [4.69, 9.17) is 10.2 Å². The molecule has 1 aromatic rings. The number of ether oxygens (including phenoxy) is 1. The second kappa shape index (κ2) is 5.51. The van der Waals surface area contributed by atoms with E-state index in [0.717, 1.165) is 6.07 Å². The summed E-state index contributed by atoms with van der Waals surface area (Å²) >= 11 is 0. The van der Waals surface area contributed by atoms with Gasteiger partial charge in [-0.1, -0.05) is 6.07 Å². The molecule has 0 spiro atoms. The van der Waals surface area contributed by atoms with Crippen molar-refractivity contribution in [3.8, 4) is 5.75 Å². The molecule has 102 valence electrons. The molecule has 0 fully saturated rings. The van der Waals surface area contributed by atoms with Gasteiger partial charge in [0.05, 0.1) is 6.61 Å². The standard InChI is InChI=1S/C10H10F4O4/c11-6-3-5(9(17)7(16)4-15)1-2-8(6)18-10(12,13)14/h1-3,7,9,15-17H,4H2. The van der Waals surface area contributed by atoms with Gasteiger partial charge in [0.25, 0.3) is 0 Å². The molecule has 0 aliphatic heterocycles. The molecule has 1 rings (SSSR count). The lowest BCUT2D eigenvalue weighted by Crippen LogP contribution is -2.22. The Hall–Kier alpha value is -1.38. The molecular formula is C10H10F4O4. The average Bonchev–Trinajstić information content (AvgIpc) is 2.28. The first-order valence-corrected chi connectivity index (χ1v) is 4.77. The summed E-state index contributed by atoms with van der Waals surface area (Å²) in [6.45, 7) is -0.774. The highest BCUT2D eigenvalue weighted by molar-refractivity contribution is 5.31. The van der Waals surface area contributed by atoms with E-state index in [-0.39, 0.29) is 5.56 Å². The van der Waals surface area contributed by atoms with Crippen molar-refractivity contribution in [2.45, 2.75) is 18.6 Å². The molecule has 2 atom stereocenters. The molecule has 0 saturated carbocycles. The zero-order chi connectivity index (χ0) is 13.9. The summed E-state index contributed by atoms with van der Waals surface area (Å²) in [6, 6.07) is 2.21. The van der Waals surface area contributed by atoms with Gasteiger partial charge in [-0.15, -0.1) is 13.2 Å². The minimum atomic E-state index is -5.02. The first-order chi connectivity index (χ1) is 8.24. The van der Waals surface area contributed by atoms with Crippen LogP contribution >= 0.6 is 0 Å². The highest BCUT2D eigenvalue weighted by Crippen LogP contribution is 2.28. The van der Waals surface area contributed by atoms with E-state index in [1.807, 2.05) is 0 Å². The molecule has 0 saturated heterocycles. The summed E-state index contributed by atoms with van der Waals surface area (Å²) in [7, 11) is 0. The van der Waals surface area contributed by atoms with Crippen LogP contribution in [0.25, 0.3) is 0 Å². The highest BCUT2D eigenvalue weighted by atomic mass is 19.4. The zero-order valence-corrected chi connectivity index (χ0v) is 8.86. The molecule has 0 aliphatic carbocycles. The van der Waals surface area contributed by atoms with Gasteiger partial charge in [-0.05, 0) is 17.7 Å². The van der Waals surface area contributed by atoms with Crippen molar-refractivity contribution in [3.05, 3.63) is 29.6 Å². The van der Waals surface area contributed by atoms with Crippen molar-refractivity contribution >= 4 is 0 Å². The fraction of sp³-hybridized carbons (Fsp3) is 0.400. The first-order valence-electron chi connectivity index (χ1n) is 4.77. The monoisotopic (exact) mass is 270 g/mol. The van der Waals surface area contributed by atoms with Crippen molar-refractivity contribution in [1.29, 1.82) is 0 Å². The number of hydrogen-bond acceptors (Lipinski definition) is 4. The molecule has 1 aromatic carbocycles. The van der Waals surface area contributed by atoms with Crippen LogP contribution in [0.4, 0.5) is 17.6 Å². The van der Waals surface area contributed by atoms with E-state index in [9.17, 15) is 22.7 Å². The molecule has 0 aromatic heterocycles. The molecule has 3 N–H and O–H groups in total. The van der Waals surface area contributed by atoms with Crippen LogP contribution in [-0.4, -0.2) is 34.4 Å². The number of hydrogen-bond donors (Lipinski definition) is 3. The van der Waals surface area contributed by atoms with Gasteiger partial charge in [-0.2, -0.15) is 0 Å². The number of aliphatic hydroxyl groups excluding tert-OH is 3. The Morgan fingerprint density at radius 1 is 1.22 bits per heavy atom. The molecule has 4 nitrogen and oxygen atoms in total. The lowest BCUT2D eigenvalue weighted by molar-refractivity contribution is -0.275. The summed E-state index contributed by atoms with van der Waals surface area (Å²) in [5.41, 5.74) is -0.177. The third kappa shape index (κ3) is 3.83. The number of halogens is 4. The lowest BCUT2D eigenvalue weighted by Gasteiger charge is -2.17. The number of aliphatic hydroxyl groups is 3. The van der Waals surface area contributed by atoms with Crippen LogP contribution in [0.2, 0.25) is 0 Å². The number of alkyl halides is 3. The van der Waals surface area contributed by atoms with E-state index in [1.54, 1.807) is 0 Å². The van der Waals surface area contributed by atoms with Crippen LogP contribution in [0.1, 0.15) is 11.7 Å². The Bertz CT molecular complexity index is 407. The predicted molar refractivity (Wildman–Crippen MR) is 51.1 cm³/mol. The fourth-order valence-electron chi connectivity index (χ4n) is 1.23. The largest absolute Gasteiger partial charge is 0.573 e. The zero-order valence-electron chi connectivity index (χ0n) is 8.86. The average molecular weight is 270 g/mol. The smallest absolute Gasteiger partial charge is 0.403 e. The van der Waals surface area contributed by atoms with Gasteiger partial charge in [-0.25, -0.2) is 4.39 Å². The third-order valence-electron chi connectivity index (χ3n) is 2.07. The summed E-state index contributed by atoms with van der Waals surface area (Å²) in [4.78, 5) is 0. The summed E-state index contributed by atoms with van der Waals surface area (Å²) in [6.07, 6.45) is -8.19. The van der Waals surface area contributed by atoms with Crippen LogP contribution in [0.3, 0.4) is 0 Å². The molecule has 2 unspecified atom stereocenters. The second-order valence-corrected chi connectivity index (χ2v) is 3.43. The Balaban J connectivity index is 2.92. The number of benzene rings is 1. The Morgan fingerprint density at radius 2 is 1.83 bits per heavy atom. The molecule has 8 heteroatoms. The maximum absolute atomic E-state index is 13.2. The molecule has 0 bridgehead atoms. The van der Waals surface area contributed by atoms with Crippen molar-refractivity contribution in [3.63, 3.8) is 0 Å². The maximum atomic E-state index is 13.2. The van der Waals surface area contributed by atoms with Crippen molar-refractivity contribution < 1.29 is 37.6 Å². The van der Waals surface area contributed by atoms with Crippen LogP contribution < -0.4 is 4.74 Å². The normalized spacial score (nSPS) is 15.3. The van der Waals surface area contributed by atoms with E-state index in [2.05, 4.69) is 4.74 Å². The van der Waals surface area contributed by atoms with Gasteiger partial charge in [0.1, 0.15) is 12.2 Å². The van der Waals surface area contributed by atoms with Gasteiger partial charge in [0.2, 0.25) is 0 Å². The van der Waals surface area contributed by atoms with Crippen LogP contribution in [0.5, 0.6) is 5.75 Å². The lowest BCUT2D eigenvalue weighted by atomic mass is 10.0. The van der Waals surface area contributed by atoms with Crippen molar-refractivity contribution in [2.24, 2.45) is 0 Å². The molecule has 0 amide bonds. The van der Waals surface area contributed by atoms with Gasteiger partial charge in [-0.3, -0.25) is 0 Å². The van der Waals surface area contributed by atoms with Crippen LogP contribution in [-0.2, 0) is 0 Å². The predicted octanol–water partition coefficient (Wildman–Crippen LogP) is 1.11. The molecule has 0 aliphatic rings. The SMILES string of the molecule is OCC(O)C(O)c1ccc(OC(F)(F)F)c(F)c1. The topological polar surface area (TPSA) is 69.9 Å². The molecular weight excluding hydrogens is 260 g/mol. The Morgan fingerprint density at radius 3 is 2.28 bits per heavy atom. The minimum Gasteiger partial charge on any atom is -0.403 e. The van der Waals surface area contributed by atoms with Crippen molar-refractivity contribution in [2.75, 3.05) is 6.61 Å². The fourth-order valence-corrected chi connectivity index (χ4v) is 1.23. The highest BCUT2D eigenvalue weighted by Gasteiger charge is 2.32. The van der Waals surface area contributed by atoms with Gasteiger partial charge in [0, 0.05) is 0 Å². The summed E-state index contributed by atoms with van der Waals surface area (Å²) in [5.74, 6) is -2.38. The summed E-state index contributed by atoms with van der Waals surface area (Å²) < 4.78 is 52.2. The minimum absolute atomic E-state index is 0.177. The molecule has 18 heavy (non-hydrogen) atoms. The van der Waals surface area contributed by atoms with Gasteiger partial charge in [0.15, 0.2) is 11.6 Å². The van der Waals surface area contributed by atoms with E-state index < -0.39 is 36.7 Å². The third-order valence-corrected chi connectivity index (χ3v) is 2.07. The Labute approximate surface area is 99.0 Å². The van der Waals surface area contributed by atoms with E-state index in [1.165, 1.54) is 0 Å². The van der Waals surface area contributed by atoms with E-state index >= 15 is 0 Å². The Kier molecular flexibility index (Phi) is 4.49. The molecule has 0 radical (unpaired) electrons. The van der Waals surface area contributed by atoms with E-state index in [0.29, 0.717) is 12.1 Å². The molecule has 0 heterocycles. The van der Waals surface area contributed by atoms with Crippen molar-refractivity contribution in [1.82, 2.24) is 0 Å². The summed E-state index contributed by atoms with van der Waals surface area (Å²) in [5, 5.41) is 27.1. The quantitative estimate of drug-likeness (QED) is 0.717. The number of rotatable bonds is 4. The second-order valence-electron chi connectivity index (χ2n) is 3.43. The van der Waals surface area contributed by atoms with Gasteiger partial charge >= 0.3 is 6.36 Å². The van der Waals surface area contributed by atoms with Crippen LogP contribution in [0.15, 0.2) is 18.2 Å². The maximum Gasteiger partial charge on any atom is 0.573 e.